The maximum absolute atomic E-state index is 13.8. The maximum atomic E-state index is 13.8. The fourth-order valence-electron chi connectivity index (χ4n) is 6.45. The van der Waals surface area contributed by atoms with Gasteiger partial charge in [0.15, 0.2) is 17.4 Å². The van der Waals surface area contributed by atoms with Gasteiger partial charge in [-0.1, -0.05) is 6.42 Å². The van der Waals surface area contributed by atoms with Crippen molar-refractivity contribution in [3.8, 4) is 5.88 Å². The summed E-state index contributed by atoms with van der Waals surface area (Å²) in [5.74, 6) is 0.671. The van der Waals surface area contributed by atoms with E-state index in [1.165, 1.54) is 6.20 Å². The number of rotatable bonds is 7. The average Bonchev–Trinajstić information content (AvgIpc) is 3.41. The van der Waals surface area contributed by atoms with E-state index in [1.807, 2.05) is 19.1 Å². The molecule has 5 rings (SSSR count). The van der Waals surface area contributed by atoms with E-state index in [1.54, 1.807) is 24.5 Å². The Labute approximate surface area is 241 Å². The lowest BCUT2D eigenvalue weighted by molar-refractivity contribution is -0.143. The molecule has 1 aliphatic heterocycles. The second-order valence-corrected chi connectivity index (χ2v) is 11.3. The predicted octanol–water partition coefficient (Wildman–Crippen LogP) is 3.88. The standard InChI is InChI=1S/C31H39N7O3/c1-20(24-8-6-18-38(24)2)41-27-19-26(35-23(10-15-32)21-11-16-34-17-12-21)36-30(37-27)28(33)22-7-5-14-31(29(22)40)13-4-3-9-25(31)39/h10-12,15-17,19-20,24H,3-9,13-14,18,32-33H2,1-2H3/b15-10-,28-22-,35-23-/t20-,24?,31+/m0/s1. The quantitative estimate of drug-likeness (QED) is 0.294. The molecule has 2 aromatic heterocycles. The molecule has 1 saturated heterocycles. The maximum Gasteiger partial charge on any atom is 0.219 e. The highest BCUT2D eigenvalue weighted by atomic mass is 16.5. The van der Waals surface area contributed by atoms with Gasteiger partial charge in [0.25, 0.3) is 0 Å². The molecule has 0 aromatic carbocycles. The van der Waals surface area contributed by atoms with Gasteiger partial charge in [0.05, 0.1) is 16.8 Å². The monoisotopic (exact) mass is 557 g/mol. The smallest absolute Gasteiger partial charge is 0.219 e. The summed E-state index contributed by atoms with van der Waals surface area (Å²) < 4.78 is 6.36. The first kappa shape index (κ1) is 28.6. The van der Waals surface area contributed by atoms with E-state index >= 15 is 0 Å². The summed E-state index contributed by atoms with van der Waals surface area (Å²) in [5, 5.41) is 0. The van der Waals surface area contributed by atoms with Crippen molar-refractivity contribution in [3.63, 3.8) is 0 Å². The molecule has 3 fully saturated rings. The molecule has 41 heavy (non-hydrogen) atoms. The minimum atomic E-state index is -0.965. The third kappa shape index (κ3) is 5.93. The lowest BCUT2D eigenvalue weighted by atomic mass is 9.62. The van der Waals surface area contributed by atoms with Crippen LogP contribution in [0.5, 0.6) is 5.88 Å². The van der Waals surface area contributed by atoms with Crippen LogP contribution in [0, 0.1) is 5.41 Å². The first-order valence-corrected chi connectivity index (χ1v) is 14.5. The van der Waals surface area contributed by atoms with Gasteiger partial charge in [-0.05, 0) is 89.9 Å². The largest absolute Gasteiger partial charge is 0.473 e. The molecule has 10 nitrogen and oxygen atoms in total. The number of allylic oxidation sites excluding steroid dienone is 2. The summed E-state index contributed by atoms with van der Waals surface area (Å²) in [5.41, 5.74) is 13.4. The topological polar surface area (TPSA) is 150 Å². The highest BCUT2D eigenvalue weighted by Gasteiger charge is 2.49. The molecule has 4 N–H and O–H groups in total. The minimum absolute atomic E-state index is 0.0344. The van der Waals surface area contributed by atoms with Crippen LogP contribution in [0.1, 0.15) is 76.1 Å². The Balaban J connectivity index is 1.57. The molecule has 3 atom stereocenters. The average molecular weight is 558 g/mol. The Morgan fingerprint density at radius 2 is 1.93 bits per heavy atom. The Hall–Kier alpha value is -3.92. The Morgan fingerprint density at radius 3 is 2.63 bits per heavy atom. The van der Waals surface area contributed by atoms with Crippen LogP contribution in [0.3, 0.4) is 0 Å². The highest BCUT2D eigenvalue weighted by molar-refractivity contribution is 6.17. The highest BCUT2D eigenvalue weighted by Crippen LogP contribution is 2.45. The summed E-state index contributed by atoms with van der Waals surface area (Å²) in [6.07, 6.45) is 12.9. The molecule has 10 heteroatoms. The molecule has 216 valence electrons. The second-order valence-electron chi connectivity index (χ2n) is 11.3. The van der Waals surface area contributed by atoms with Crippen LogP contribution < -0.4 is 16.2 Å². The number of Topliss-reactive ketones (excluding diaryl/α,β-unsaturated/α-hetero) is 2. The van der Waals surface area contributed by atoms with Gasteiger partial charge < -0.3 is 16.2 Å². The fraction of sp³-hybridized carbons (Fsp3) is 0.484. The lowest BCUT2D eigenvalue weighted by Crippen LogP contribution is -2.45. The zero-order valence-corrected chi connectivity index (χ0v) is 23.9. The van der Waals surface area contributed by atoms with Crippen LogP contribution in [0.15, 0.2) is 53.4 Å². The van der Waals surface area contributed by atoms with Crippen LogP contribution in [-0.4, -0.2) is 62.9 Å². The van der Waals surface area contributed by atoms with Crippen molar-refractivity contribution in [2.45, 2.75) is 76.9 Å². The number of ether oxygens (including phenoxy) is 1. The van der Waals surface area contributed by atoms with Crippen molar-refractivity contribution in [1.29, 1.82) is 0 Å². The van der Waals surface area contributed by atoms with E-state index < -0.39 is 5.41 Å². The summed E-state index contributed by atoms with van der Waals surface area (Å²) in [6.45, 7) is 3.05. The number of pyridine rings is 1. The molecule has 2 aromatic rings. The van der Waals surface area contributed by atoms with Crippen LogP contribution in [-0.2, 0) is 9.59 Å². The first-order valence-electron chi connectivity index (χ1n) is 14.5. The van der Waals surface area contributed by atoms with Crippen LogP contribution in [0.25, 0.3) is 5.70 Å². The number of nitrogens with two attached hydrogens (primary N) is 2. The normalized spacial score (nSPS) is 26.1. The number of carbonyl (C=O) groups excluding carboxylic acids is 2. The van der Waals surface area contributed by atoms with E-state index in [4.69, 9.17) is 21.2 Å². The van der Waals surface area contributed by atoms with E-state index in [2.05, 4.69) is 26.9 Å². The van der Waals surface area contributed by atoms with Crippen molar-refractivity contribution in [2.75, 3.05) is 13.6 Å². The molecule has 2 aliphatic carbocycles. The number of aliphatic imine (C=N–C) groups is 1. The zero-order valence-electron chi connectivity index (χ0n) is 23.9. The number of ketones is 2. The molecule has 0 amide bonds. The van der Waals surface area contributed by atoms with Gasteiger partial charge in [-0.3, -0.25) is 19.5 Å². The number of nitrogens with zero attached hydrogens (tertiary/aromatic N) is 5. The predicted molar refractivity (Wildman–Crippen MR) is 157 cm³/mol. The number of hydrogen-bond acceptors (Lipinski definition) is 10. The van der Waals surface area contributed by atoms with Crippen molar-refractivity contribution in [2.24, 2.45) is 21.9 Å². The Kier molecular flexibility index (Phi) is 8.58. The van der Waals surface area contributed by atoms with Gasteiger partial charge in [0, 0.05) is 42.1 Å². The van der Waals surface area contributed by atoms with Gasteiger partial charge in [-0.25, -0.2) is 9.98 Å². The van der Waals surface area contributed by atoms with Crippen LogP contribution in [0.4, 0.5) is 5.82 Å². The summed E-state index contributed by atoms with van der Waals surface area (Å²) in [6, 6.07) is 5.58. The number of likely N-dealkylation sites (tertiary alicyclic amines) is 1. The van der Waals surface area contributed by atoms with E-state index in [0.29, 0.717) is 55.1 Å². The van der Waals surface area contributed by atoms with Gasteiger partial charge in [-0.2, -0.15) is 4.98 Å². The van der Waals surface area contributed by atoms with E-state index in [-0.39, 0.29) is 35.2 Å². The lowest BCUT2D eigenvalue weighted by Gasteiger charge is -2.38. The number of likely N-dealkylation sites (N-methyl/N-ethyl adjacent to an activating group) is 1. The Morgan fingerprint density at radius 1 is 1.15 bits per heavy atom. The molecule has 2 saturated carbocycles. The minimum Gasteiger partial charge on any atom is -0.473 e. The fourth-order valence-corrected chi connectivity index (χ4v) is 6.45. The van der Waals surface area contributed by atoms with E-state index in [0.717, 1.165) is 37.8 Å². The van der Waals surface area contributed by atoms with Gasteiger partial charge >= 0.3 is 0 Å². The zero-order chi connectivity index (χ0) is 29.0. The SMILES string of the molecule is C[C@H](Oc1cc(/N=C(/C=C\N)c2ccncc2)nc(/C(N)=C2\CCC[C@@]3(CCCCC3=O)C2=O)n1)C1CCCN1C. The molecule has 3 heterocycles. The van der Waals surface area contributed by atoms with E-state index in [9.17, 15) is 9.59 Å². The molecule has 3 aliphatic rings. The molecule has 1 unspecified atom stereocenters. The first-order chi connectivity index (χ1) is 19.8. The van der Waals surface area contributed by atoms with Crippen molar-refractivity contribution < 1.29 is 14.3 Å². The molecule has 1 spiro atoms. The molecule has 0 bridgehead atoms. The number of hydrogen-bond donors (Lipinski definition) is 2. The third-order valence-corrected chi connectivity index (χ3v) is 8.68. The van der Waals surface area contributed by atoms with Gasteiger partial charge in [-0.15, -0.1) is 0 Å². The van der Waals surface area contributed by atoms with Crippen molar-refractivity contribution >= 4 is 28.8 Å². The number of carbonyl (C=O) groups is 2. The van der Waals surface area contributed by atoms with Crippen molar-refractivity contribution in [3.05, 3.63) is 59.8 Å². The molecular weight excluding hydrogens is 518 g/mol. The molecule has 0 radical (unpaired) electrons. The third-order valence-electron chi connectivity index (χ3n) is 8.68. The van der Waals surface area contributed by atoms with Crippen molar-refractivity contribution in [1.82, 2.24) is 19.9 Å². The number of aromatic nitrogens is 3. The summed E-state index contributed by atoms with van der Waals surface area (Å²) >= 11 is 0. The summed E-state index contributed by atoms with van der Waals surface area (Å²) in [7, 11) is 2.10. The van der Waals surface area contributed by atoms with Crippen LogP contribution in [0.2, 0.25) is 0 Å². The summed E-state index contributed by atoms with van der Waals surface area (Å²) in [4.78, 5) is 47.3. The van der Waals surface area contributed by atoms with Gasteiger partial charge in [0.2, 0.25) is 5.88 Å². The van der Waals surface area contributed by atoms with Gasteiger partial charge in [0.1, 0.15) is 11.9 Å². The van der Waals surface area contributed by atoms with Crippen LogP contribution >= 0.6 is 0 Å². The molecular formula is C31H39N7O3. The second kappa shape index (κ2) is 12.3. The Bertz CT molecular complexity index is 1380.